The predicted octanol–water partition coefficient (Wildman–Crippen LogP) is 2.96. The number of hydrogen-bond acceptors (Lipinski definition) is 3. The molecule has 0 fully saturated rings. The van der Waals surface area contributed by atoms with Crippen LogP contribution in [0.15, 0.2) is 23.1 Å². The minimum atomic E-state index is -3.45. The number of hydrogen-bond donors (Lipinski definition) is 2. The second-order valence-corrected chi connectivity index (χ2v) is 7.02. The lowest BCUT2D eigenvalue weighted by Crippen LogP contribution is -2.34. The van der Waals surface area contributed by atoms with Gasteiger partial charge in [0, 0.05) is 12.6 Å². The van der Waals surface area contributed by atoms with Crippen LogP contribution in [0.1, 0.15) is 51.2 Å². The Kier molecular flexibility index (Phi) is 7.35. The first-order valence-corrected chi connectivity index (χ1v) is 9.26. The van der Waals surface area contributed by atoms with Gasteiger partial charge >= 0.3 is 0 Å². The number of rotatable bonds is 9. The zero-order valence-electron chi connectivity index (χ0n) is 13.6. The van der Waals surface area contributed by atoms with E-state index in [1.807, 2.05) is 32.9 Å². The largest absolute Gasteiger partial charge is 0.313 e. The van der Waals surface area contributed by atoms with Crippen LogP contribution in [0.3, 0.4) is 0 Å². The van der Waals surface area contributed by atoms with Crippen molar-refractivity contribution in [2.24, 2.45) is 0 Å². The van der Waals surface area contributed by atoms with Gasteiger partial charge in [0.05, 0.1) is 4.90 Å². The van der Waals surface area contributed by atoms with Crippen molar-refractivity contribution >= 4 is 10.0 Å². The minimum Gasteiger partial charge on any atom is -0.313 e. The van der Waals surface area contributed by atoms with Crippen LogP contribution in [-0.4, -0.2) is 21.0 Å². The topological polar surface area (TPSA) is 58.2 Å². The lowest BCUT2D eigenvalue weighted by Gasteiger charge is -2.18. The molecule has 0 aliphatic carbocycles. The van der Waals surface area contributed by atoms with Gasteiger partial charge in [-0.1, -0.05) is 39.3 Å². The molecule has 0 aromatic heterocycles. The standard InChI is InChI=1S/C16H28N2O2S/c1-5-9-15(6-2)18-21(19,20)16-11-8-10-14(13(16)4)12-17-7-3/h8,10-11,15,17-18H,5-7,9,12H2,1-4H3. The van der Waals surface area contributed by atoms with Gasteiger partial charge in [-0.15, -0.1) is 0 Å². The maximum atomic E-state index is 12.6. The van der Waals surface area contributed by atoms with Gasteiger partial charge in [-0.05, 0) is 43.5 Å². The fraction of sp³-hybridized carbons (Fsp3) is 0.625. The summed E-state index contributed by atoms with van der Waals surface area (Å²) in [5.41, 5.74) is 1.86. The highest BCUT2D eigenvalue weighted by molar-refractivity contribution is 7.89. The van der Waals surface area contributed by atoms with Crippen LogP contribution in [-0.2, 0) is 16.6 Å². The average molecular weight is 312 g/mol. The summed E-state index contributed by atoms with van der Waals surface area (Å²) in [6.07, 6.45) is 2.65. The molecule has 1 atom stereocenters. The maximum Gasteiger partial charge on any atom is 0.241 e. The lowest BCUT2D eigenvalue weighted by molar-refractivity contribution is 0.512. The second-order valence-electron chi connectivity index (χ2n) is 5.34. The van der Waals surface area contributed by atoms with E-state index in [1.54, 1.807) is 6.07 Å². The van der Waals surface area contributed by atoms with E-state index in [0.717, 1.165) is 36.9 Å². The summed E-state index contributed by atoms with van der Waals surface area (Å²) in [7, 11) is -3.45. The first kappa shape index (κ1) is 18.1. The molecular weight excluding hydrogens is 284 g/mol. The number of sulfonamides is 1. The predicted molar refractivity (Wildman–Crippen MR) is 87.9 cm³/mol. The van der Waals surface area contributed by atoms with Crippen molar-refractivity contribution < 1.29 is 8.42 Å². The van der Waals surface area contributed by atoms with Crippen LogP contribution in [0.25, 0.3) is 0 Å². The Labute approximate surface area is 129 Å². The zero-order valence-corrected chi connectivity index (χ0v) is 14.4. The second kappa shape index (κ2) is 8.51. The molecule has 21 heavy (non-hydrogen) atoms. The summed E-state index contributed by atoms with van der Waals surface area (Å²) < 4.78 is 28.0. The highest BCUT2D eigenvalue weighted by atomic mass is 32.2. The van der Waals surface area contributed by atoms with Crippen molar-refractivity contribution in [3.8, 4) is 0 Å². The van der Waals surface area contributed by atoms with Gasteiger partial charge < -0.3 is 5.32 Å². The van der Waals surface area contributed by atoms with Crippen LogP contribution < -0.4 is 10.0 Å². The van der Waals surface area contributed by atoms with Gasteiger partial charge in [-0.2, -0.15) is 0 Å². The van der Waals surface area contributed by atoms with Crippen molar-refractivity contribution in [1.82, 2.24) is 10.0 Å². The van der Waals surface area contributed by atoms with E-state index in [2.05, 4.69) is 17.0 Å². The molecule has 120 valence electrons. The van der Waals surface area contributed by atoms with Gasteiger partial charge in [0.25, 0.3) is 0 Å². The Morgan fingerprint density at radius 2 is 1.90 bits per heavy atom. The molecule has 4 nitrogen and oxygen atoms in total. The van der Waals surface area contributed by atoms with E-state index in [1.165, 1.54) is 0 Å². The van der Waals surface area contributed by atoms with Crippen LogP contribution >= 0.6 is 0 Å². The molecule has 2 N–H and O–H groups in total. The molecule has 0 aliphatic rings. The highest BCUT2D eigenvalue weighted by Gasteiger charge is 2.21. The van der Waals surface area contributed by atoms with Gasteiger partial charge in [0.2, 0.25) is 10.0 Å². The average Bonchev–Trinajstić information content (AvgIpc) is 2.45. The molecule has 0 heterocycles. The van der Waals surface area contributed by atoms with Crippen molar-refractivity contribution in [2.45, 2.75) is 64.4 Å². The van der Waals surface area contributed by atoms with Gasteiger partial charge in [0.1, 0.15) is 0 Å². The molecular formula is C16H28N2O2S. The molecule has 1 unspecified atom stereocenters. The summed E-state index contributed by atoms with van der Waals surface area (Å²) >= 11 is 0. The summed E-state index contributed by atoms with van der Waals surface area (Å²) in [5, 5.41) is 3.24. The van der Waals surface area contributed by atoms with E-state index < -0.39 is 10.0 Å². The molecule has 1 rings (SSSR count). The van der Waals surface area contributed by atoms with E-state index in [-0.39, 0.29) is 6.04 Å². The van der Waals surface area contributed by atoms with Gasteiger partial charge in [0.15, 0.2) is 0 Å². The quantitative estimate of drug-likeness (QED) is 0.737. The first-order chi connectivity index (χ1) is 9.96. The third-order valence-corrected chi connectivity index (χ3v) is 5.37. The fourth-order valence-electron chi connectivity index (χ4n) is 2.38. The number of benzene rings is 1. The summed E-state index contributed by atoms with van der Waals surface area (Å²) in [4.78, 5) is 0.396. The maximum absolute atomic E-state index is 12.6. The Morgan fingerprint density at radius 3 is 2.48 bits per heavy atom. The smallest absolute Gasteiger partial charge is 0.241 e. The van der Waals surface area contributed by atoms with E-state index in [9.17, 15) is 8.42 Å². The van der Waals surface area contributed by atoms with Crippen molar-refractivity contribution in [1.29, 1.82) is 0 Å². The third-order valence-electron chi connectivity index (χ3n) is 3.70. The Morgan fingerprint density at radius 1 is 1.19 bits per heavy atom. The van der Waals surface area contributed by atoms with Crippen molar-refractivity contribution in [2.75, 3.05) is 6.54 Å². The summed E-state index contributed by atoms with van der Waals surface area (Å²) in [6, 6.07) is 5.48. The Balaban J connectivity index is 3.02. The van der Waals surface area contributed by atoms with Gasteiger partial charge in [-0.3, -0.25) is 0 Å². The molecule has 0 amide bonds. The fourth-order valence-corrected chi connectivity index (χ4v) is 4.02. The molecule has 0 radical (unpaired) electrons. The van der Waals surface area contributed by atoms with E-state index in [4.69, 9.17) is 0 Å². The zero-order chi connectivity index (χ0) is 15.9. The summed E-state index contributed by atoms with van der Waals surface area (Å²) in [5.74, 6) is 0. The lowest BCUT2D eigenvalue weighted by atomic mass is 10.1. The highest BCUT2D eigenvalue weighted by Crippen LogP contribution is 2.20. The van der Waals surface area contributed by atoms with Crippen molar-refractivity contribution in [3.05, 3.63) is 29.3 Å². The van der Waals surface area contributed by atoms with Crippen LogP contribution in [0, 0.1) is 6.92 Å². The van der Waals surface area contributed by atoms with Crippen LogP contribution in [0.2, 0.25) is 0 Å². The molecule has 0 aliphatic heterocycles. The first-order valence-electron chi connectivity index (χ1n) is 7.77. The monoisotopic (exact) mass is 312 g/mol. The van der Waals surface area contributed by atoms with E-state index in [0.29, 0.717) is 11.4 Å². The van der Waals surface area contributed by atoms with E-state index >= 15 is 0 Å². The molecule has 0 spiro atoms. The molecule has 1 aromatic rings. The molecule has 5 heteroatoms. The summed E-state index contributed by atoms with van der Waals surface area (Å²) in [6.45, 7) is 9.55. The molecule has 0 bridgehead atoms. The van der Waals surface area contributed by atoms with Crippen LogP contribution in [0.5, 0.6) is 0 Å². The minimum absolute atomic E-state index is 0.0109. The number of nitrogens with one attached hydrogen (secondary N) is 2. The van der Waals surface area contributed by atoms with Gasteiger partial charge in [-0.25, -0.2) is 13.1 Å². The molecule has 1 aromatic carbocycles. The normalized spacial score (nSPS) is 13.3. The third kappa shape index (κ3) is 5.09. The SMILES string of the molecule is CCCC(CC)NS(=O)(=O)c1cccc(CNCC)c1C. The van der Waals surface area contributed by atoms with Crippen LogP contribution in [0.4, 0.5) is 0 Å². The van der Waals surface area contributed by atoms with Crippen molar-refractivity contribution in [3.63, 3.8) is 0 Å². The Bertz CT molecular complexity index is 541. The Hall–Kier alpha value is -0.910. The molecule has 0 saturated heterocycles. The molecule has 0 saturated carbocycles.